The van der Waals surface area contributed by atoms with Crippen molar-refractivity contribution in [3.05, 3.63) is 27.1 Å². The molecule has 0 aliphatic heterocycles. The fraction of sp³-hybridized carbons (Fsp3) is 0.333. The third kappa shape index (κ3) is 3.32. The van der Waals surface area contributed by atoms with Crippen LogP contribution in [0.5, 0.6) is 0 Å². The molecule has 1 rings (SSSR count). The van der Waals surface area contributed by atoms with E-state index in [0.29, 0.717) is 3.70 Å². The Morgan fingerprint density at radius 1 is 1.56 bits per heavy atom. The fourth-order valence-electron chi connectivity index (χ4n) is 1.10. The second kappa shape index (κ2) is 4.98. The molecule has 0 saturated heterocycles. The molecule has 0 unspecified atom stereocenters. The lowest BCUT2D eigenvalue weighted by atomic mass is 10.1. The first kappa shape index (κ1) is 13.2. The standard InChI is InChI=1S/C9H7F3INO2/c1-16-8(15)3-5-2-7(13)14-4-6(5)9(10,11)12/h2,4H,3H2,1H3. The van der Waals surface area contributed by atoms with Crippen molar-refractivity contribution < 1.29 is 22.7 Å². The topological polar surface area (TPSA) is 39.2 Å². The molecule has 0 saturated carbocycles. The molecule has 0 radical (unpaired) electrons. The largest absolute Gasteiger partial charge is 0.469 e. The number of carbonyl (C=O) groups is 1. The molecule has 1 aromatic heterocycles. The number of esters is 1. The van der Waals surface area contributed by atoms with Gasteiger partial charge in [0.1, 0.15) is 3.70 Å². The quantitative estimate of drug-likeness (QED) is 0.470. The van der Waals surface area contributed by atoms with E-state index in [-0.39, 0.29) is 5.56 Å². The number of methoxy groups -OCH3 is 1. The Kier molecular flexibility index (Phi) is 4.11. The number of hydrogen-bond donors (Lipinski definition) is 0. The van der Waals surface area contributed by atoms with Crippen molar-refractivity contribution in [2.45, 2.75) is 12.6 Å². The van der Waals surface area contributed by atoms with Gasteiger partial charge in [0.2, 0.25) is 0 Å². The summed E-state index contributed by atoms with van der Waals surface area (Å²) in [4.78, 5) is 14.5. The van der Waals surface area contributed by atoms with Gasteiger partial charge in [0.25, 0.3) is 0 Å². The first-order valence-corrected chi connectivity index (χ1v) is 5.21. The predicted molar refractivity (Wildman–Crippen MR) is 57.7 cm³/mol. The highest BCUT2D eigenvalue weighted by molar-refractivity contribution is 14.1. The van der Waals surface area contributed by atoms with Crippen molar-refractivity contribution in [1.82, 2.24) is 4.98 Å². The van der Waals surface area contributed by atoms with Gasteiger partial charge in [-0.2, -0.15) is 13.2 Å². The van der Waals surface area contributed by atoms with E-state index < -0.39 is 24.1 Å². The number of rotatable bonds is 2. The number of nitrogens with zero attached hydrogens (tertiary/aromatic N) is 1. The zero-order valence-electron chi connectivity index (χ0n) is 8.14. The fourth-order valence-corrected chi connectivity index (χ4v) is 1.61. The van der Waals surface area contributed by atoms with Gasteiger partial charge < -0.3 is 4.74 Å². The highest BCUT2D eigenvalue weighted by Crippen LogP contribution is 2.32. The predicted octanol–water partition coefficient (Wildman–Crippen LogP) is 2.42. The van der Waals surface area contributed by atoms with Crippen LogP contribution in [0.2, 0.25) is 0 Å². The number of ether oxygens (including phenoxy) is 1. The smallest absolute Gasteiger partial charge is 0.418 e. The molecule has 16 heavy (non-hydrogen) atoms. The van der Waals surface area contributed by atoms with Crippen LogP contribution in [-0.2, 0) is 22.1 Å². The second-order valence-corrected chi connectivity index (χ2v) is 4.02. The van der Waals surface area contributed by atoms with Crippen LogP contribution in [0.1, 0.15) is 11.1 Å². The maximum absolute atomic E-state index is 12.5. The Morgan fingerprint density at radius 2 is 2.19 bits per heavy atom. The molecule has 0 bridgehead atoms. The monoisotopic (exact) mass is 345 g/mol. The van der Waals surface area contributed by atoms with Gasteiger partial charge in [-0.3, -0.25) is 4.79 Å². The first-order valence-electron chi connectivity index (χ1n) is 4.13. The average Bonchev–Trinajstić information content (AvgIpc) is 2.15. The van der Waals surface area contributed by atoms with Crippen LogP contribution < -0.4 is 0 Å². The van der Waals surface area contributed by atoms with Gasteiger partial charge in [-0.05, 0) is 34.2 Å². The zero-order valence-corrected chi connectivity index (χ0v) is 10.3. The van der Waals surface area contributed by atoms with Crippen LogP contribution in [0.25, 0.3) is 0 Å². The van der Waals surface area contributed by atoms with E-state index in [1.807, 2.05) is 0 Å². The molecule has 0 spiro atoms. The third-order valence-electron chi connectivity index (χ3n) is 1.82. The van der Waals surface area contributed by atoms with Crippen molar-refractivity contribution >= 4 is 28.6 Å². The van der Waals surface area contributed by atoms with E-state index >= 15 is 0 Å². The molecule has 1 heterocycles. The summed E-state index contributed by atoms with van der Waals surface area (Å²) < 4.78 is 42.3. The lowest BCUT2D eigenvalue weighted by molar-refractivity contribution is -0.141. The number of aromatic nitrogens is 1. The molecule has 3 nitrogen and oxygen atoms in total. The minimum Gasteiger partial charge on any atom is -0.469 e. The maximum Gasteiger partial charge on any atom is 0.418 e. The Bertz CT molecular complexity index is 406. The molecule has 1 aromatic rings. The normalized spacial score (nSPS) is 11.3. The number of carbonyl (C=O) groups excluding carboxylic acids is 1. The Morgan fingerprint density at radius 3 is 2.69 bits per heavy atom. The zero-order chi connectivity index (χ0) is 12.3. The lowest BCUT2D eigenvalue weighted by Gasteiger charge is -2.11. The van der Waals surface area contributed by atoms with Gasteiger partial charge >= 0.3 is 12.1 Å². The summed E-state index contributed by atoms with van der Waals surface area (Å²) in [6, 6.07) is 1.22. The van der Waals surface area contributed by atoms with Crippen LogP contribution in [0.3, 0.4) is 0 Å². The number of hydrogen-bond acceptors (Lipinski definition) is 3. The van der Waals surface area contributed by atoms with Crippen LogP contribution in [0, 0.1) is 3.70 Å². The molecule has 7 heteroatoms. The minimum atomic E-state index is -4.51. The van der Waals surface area contributed by atoms with Crippen molar-refractivity contribution in [1.29, 1.82) is 0 Å². The van der Waals surface area contributed by atoms with Gasteiger partial charge in [0.15, 0.2) is 0 Å². The van der Waals surface area contributed by atoms with Gasteiger partial charge in [0, 0.05) is 6.20 Å². The summed E-state index contributed by atoms with van der Waals surface area (Å²) in [5.41, 5.74) is -1.03. The third-order valence-corrected chi connectivity index (χ3v) is 2.41. The molecular formula is C9H7F3INO2. The van der Waals surface area contributed by atoms with Crippen LogP contribution in [0.15, 0.2) is 12.3 Å². The molecule has 0 fully saturated rings. The van der Waals surface area contributed by atoms with Crippen molar-refractivity contribution in [2.75, 3.05) is 7.11 Å². The number of halogens is 4. The summed E-state index contributed by atoms with van der Waals surface area (Å²) in [6.45, 7) is 0. The van der Waals surface area contributed by atoms with E-state index in [2.05, 4.69) is 9.72 Å². The Balaban J connectivity index is 3.13. The van der Waals surface area contributed by atoms with Crippen LogP contribution in [-0.4, -0.2) is 18.1 Å². The van der Waals surface area contributed by atoms with Gasteiger partial charge in [-0.1, -0.05) is 0 Å². The van der Waals surface area contributed by atoms with Crippen LogP contribution >= 0.6 is 22.6 Å². The number of alkyl halides is 3. The highest BCUT2D eigenvalue weighted by atomic mass is 127. The van der Waals surface area contributed by atoms with Crippen LogP contribution in [0.4, 0.5) is 13.2 Å². The summed E-state index contributed by atoms with van der Waals surface area (Å²) in [5.74, 6) is -0.715. The van der Waals surface area contributed by atoms with E-state index in [1.54, 1.807) is 22.6 Å². The van der Waals surface area contributed by atoms with Gasteiger partial charge in [-0.15, -0.1) is 0 Å². The van der Waals surface area contributed by atoms with Crippen molar-refractivity contribution in [2.24, 2.45) is 0 Å². The molecule has 0 N–H and O–H groups in total. The number of pyridine rings is 1. The van der Waals surface area contributed by atoms with E-state index in [9.17, 15) is 18.0 Å². The highest BCUT2D eigenvalue weighted by Gasteiger charge is 2.34. The average molecular weight is 345 g/mol. The molecule has 0 aliphatic carbocycles. The second-order valence-electron chi connectivity index (χ2n) is 2.91. The lowest BCUT2D eigenvalue weighted by Crippen LogP contribution is -2.14. The SMILES string of the molecule is COC(=O)Cc1cc(I)ncc1C(F)(F)F. The van der Waals surface area contributed by atoms with E-state index in [0.717, 1.165) is 13.3 Å². The molecule has 0 atom stereocenters. The maximum atomic E-state index is 12.5. The molecule has 0 aromatic carbocycles. The van der Waals surface area contributed by atoms with E-state index in [1.165, 1.54) is 6.07 Å². The summed E-state index contributed by atoms with van der Waals surface area (Å²) in [6.07, 6.45) is -4.20. The first-order chi connectivity index (χ1) is 7.34. The Hall–Kier alpha value is -0.860. The van der Waals surface area contributed by atoms with Gasteiger partial charge in [0.05, 0.1) is 19.1 Å². The van der Waals surface area contributed by atoms with Gasteiger partial charge in [-0.25, -0.2) is 4.98 Å². The Labute approximate surface area is 103 Å². The summed E-state index contributed by atoms with van der Waals surface area (Å²) in [7, 11) is 1.13. The van der Waals surface area contributed by atoms with E-state index in [4.69, 9.17) is 0 Å². The van der Waals surface area contributed by atoms with Crippen molar-refractivity contribution in [3.8, 4) is 0 Å². The molecular weight excluding hydrogens is 338 g/mol. The molecule has 88 valence electrons. The minimum absolute atomic E-state index is 0.126. The van der Waals surface area contributed by atoms with Crippen molar-refractivity contribution in [3.63, 3.8) is 0 Å². The molecule has 0 aliphatic rings. The summed E-state index contributed by atoms with van der Waals surface area (Å²) in [5, 5.41) is 0. The molecule has 0 amide bonds. The summed E-state index contributed by atoms with van der Waals surface area (Å²) >= 11 is 1.78.